The second-order valence-electron chi connectivity index (χ2n) is 7.60. The molecule has 2 aromatic carbocycles. The monoisotopic (exact) mass is 396 g/mol. The molecule has 1 fully saturated rings. The van der Waals surface area contributed by atoms with Crippen LogP contribution in [0.1, 0.15) is 37.3 Å². The van der Waals surface area contributed by atoms with Crippen molar-refractivity contribution < 1.29 is 4.79 Å². The van der Waals surface area contributed by atoms with Crippen LogP contribution >= 0.6 is 11.8 Å². The number of hydrogen-bond donors (Lipinski definition) is 0. The molecule has 3 rings (SSSR count). The Balaban J connectivity index is 1.52. The van der Waals surface area contributed by atoms with Gasteiger partial charge in [-0.25, -0.2) is 0 Å². The van der Waals surface area contributed by atoms with Gasteiger partial charge in [-0.1, -0.05) is 43.3 Å². The van der Waals surface area contributed by atoms with Crippen molar-refractivity contribution in [2.75, 3.05) is 30.3 Å². The Labute approximate surface area is 174 Å². The summed E-state index contributed by atoms with van der Waals surface area (Å²) in [5, 5.41) is 0. The lowest BCUT2D eigenvalue weighted by atomic mass is 10.0. The van der Waals surface area contributed by atoms with Gasteiger partial charge in [-0.15, -0.1) is 11.8 Å². The molecular formula is C24H32N2OS. The number of carbonyl (C=O) groups is 1. The first-order chi connectivity index (χ1) is 13.6. The summed E-state index contributed by atoms with van der Waals surface area (Å²) in [6, 6.07) is 17.0. The Kier molecular flexibility index (Phi) is 7.57. The van der Waals surface area contributed by atoms with Crippen LogP contribution in [0, 0.1) is 13.8 Å². The van der Waals surface area contributed by atoms with Crippen LogP contribution in [-0.2, 0) is 4.79 Å². The second kappa shape index (κ2) is 10.1. The molecule has 0 unspecified atom stereocenters. The fraction of sp³-hybridized carbons (Fsp3) is 0.458. The SMILES string of the molecule is CCC(=O)N(c1ccccc1)C1CCN(CCSc2c(C)cccc2C)CC1. The van der Waals surface area contributed by atoms with Crippen LogP contribution in [0.3, 0.4) is 0 Å². The lowest BCUT2D eigenvalue weighted by molar-refractivity contribution is -0.119. The van der Waals surface area contributed by atoms with Crippen LogP contribution in [0.5, 0.6) is 0 Å². The minimum Gasteiger partial charge on any atom is -0.309 e. The van der Waals surface area contributed by atoms with Crippen LogP contribution < -0.4 is 4.90 Å². The van der Waals surface area contributed by atoms with Gasteiger partial charge < -0.3 is 9.80 Å². The summed E-state index contributed by atoms with van der Waals surface area (Å²) >= 11 is 1.97. The zero-order valence-electron chi connectivity index (χ0n) is 17.4. The van der Waals surface area contributed by atoms with Crippen molar-refractivity contribution in [3.8, 4) is 0 Å². The predicted octanol–water partition coefficient (Wildman–Crippen LogP) is 5.30. The zero-order chi connectivity index (χ0) is 19.9. The maximum atomic E-state index is 12.6. The highest BCUT2D eigenvalue weighted by atomic mass is 32.2. The molecule has 0 aromatic heterocycles. The normalized spacial score (nSPS) is 15.5. The van der Waals surface area contributed by atoms with Gasteiger partial charge in [0.25, 0.3) is 0 Å². The summed E-state index contributed by atoms with van der Waals surface area (Å²) in [6.45, 7) is 9.60. The minimum atomic E-state index is 0.232. The van der Waals surface area contributed by atoms with Crippen LogP contribution in [0.2, 0.25) is 0 Å². The Morgan fingerprint density at radius 3 is 2.29 bits per heavy atom. The van der Waals surface area contributed by atoms with Crippen molar-refractivity contribution in [2.24, 2.45) is 0 Å². The van der Waals surface area contributed by atoms with Crippen molar-refractivity contribution in [1.29, 1.82) is 0 Å². The van der Waals surface area contributed by atoms with Crippen LogP contribution in [0.15, 0.2) is 53.4 Å². The molecule has 0 radical (unpaired) electrons. The molecule has 4 heteroatoms. The van der Waals surface area contributed by atoms with E-state index in [1.807, 2.05) is 41.8 Å². The molecule has 0 aliphatic carbocycles. The third-order valence-electron chi connectivity index (χ3n) is 5.59. The van der Waals surface area contributed by atoms with Crippen molar-refractivity contribution in [3.05, 3.63) is 59.7 Å². The highest BCUT2D eigenvalue weighted by Gasteiger charge is 2.28. The van der Waals surface area contributed by atoms with Crippen LogP contribution in [-0.4, -0.2) is 42.2 Å². The number of carbonyl (C=O) groups excluding carboxylic acids is 1. The molecule has 0 N–H and O–H groups in total. The number of nitrogens with zero attached hydrogens (tertiary/aromatic N) is 2. The van der Waals surface area contributed by atoms with Gasteiger partial charge in [-0.2, -0.15) is 0 Å². The third kappa shape index (κ3) is 5.18. The maximum Gasteiger partial charge on any atom is 0.226 e. The van der Waals surface area contributed by atoms with E-state index in [2.05, 4.69) is 49.1 Å². The summed E-state index contributed by atoms with van der Waals surface area (Å²) in [6.07, 6.45) is 2.66. The number of hydrogen-bond acceptors (Lipinski definition) is 3. The fourth-order valence-electron chi connectivity index (χ4n) is 4.02. The summed E-state index contributed by atoms with van der Waals surface area (Å²) in [5.74, 6) is 1.35. The van der Waals surface area contributed by atoms with Crippen molar-refractivity contribution >= 4 is 23.4 Å². The Hall–Kier alpha value is -1.78. The Morgan fingerprint density at radius 2 is 1.68 bits per heavy atom. The Bertz CT molecular complexity index is 749. The smallest absolute Gasteiger partial charge is 0.226 e. The number of para-hydroxylation sites is 1. The number of amides is 1. The number of rotatable bonds is 7. The lowest BCUT2D eigenvalue weighted by Crippen LogP contribution is -2.48. The molecule has 1 aliphatic heterocycles. The van der Waals surface area contributed by atoms with Gasteiger partial charge in [0, 0.05) is 48.4 Å². The quantitative estimate of drug-likeness (QED) is 0.593. The number of anilines is 1. The van der Waals surface area contributed by atoms with Crippen LogP contribution in [0.4, 0.5) is 5.69 Å². The average Bonchev–Trinajstić information content (AvgIpc) is 2.72. The zero-order valence-corrected chi connectivity index (χ0v) is 18.2. The molecule has 150 valence electrons. The number of piperidine rings is 1. The van der Waals surface area contributed by atoms with E-state index in [0.717, 1.165) is 43.9 Å². The van der Waals surface area contributed by atoms with E-state index in [4.69, 9.17) is 0 Å². The second-order valence-corrected chi connectivity index (χ2v) is 8.70. The van der Waals surface area contributed by atoms with Crippen molar-refractivity contribution in [3.63, 3.8) is 0 Å². The largest absolute Gasteiger partial charge is 0.309 e. The van der Waals surface area contributed by atoms with Gasteiger partial charge >= 0.3 is 0 Å². The minimum absolute atomic E-state index is 0.232. The molecule has 0 bridgehead atoms. The average molecular weight is 397 g/mol. The van der Waals surface area contributed by atoms with Crippen molar-refractivity contribution in [1.82, 2.24) is 4.90 Å². The van der Waals surface area contributed by atoms with Crippen LogP contribution in [0.25, 0.3) is 0 Å². The van der Waals surface area contributed by atoms with Gasteiger partial charge in [-0.3, -0.25) is 4.79 Å². The van der Waals surface area contributed by atoms with Gasteiger partial charge in [0.1, 0.15) is 0 Å². The first kappa shape index (κ1) is 20.9. The predicted molar refractivity (Wildman–Crippen MR) is 120 cm³/mol. The fourth-order valence-corrected chi connectivity index (χ4v) is 5.17. The Morgan fingerprint density at radius 1 is 1.04 bits per heavy atom. The summed E-state index contributed by atoms with van der Waals surface area (Å²) in [5.41, 5.74) is 3.79. The van der Waals surface area contributed by atoms with Gasteiger partial charge in [0.2, 0.25) is 5.91 Å². The van der Waals surface area contributed by atoms with Gasteiger partial charge in [0.15, 0.2) is 0 Å². The highest BCUT2D eigenvalue weighted by Crippen LogP contribution is 2.27. The first-order valence-electron chi connectivity index (χ1n) is 10.4. The molecule has 2 aromatic rings. The molecule has 1 heterocycles. The lowest BCUT2D eigenvalue weighted by Gasteiger charge is -2.38. The number of benzene rings is 2. The van der Waals surface area contributed by atoms with E-state index in [-0.39, 0.29) is 5.91 Å². The maximum absolute atomic E-state index is 12.6. The summed E-state index contributed by atoms with van der Waals surface area (Å²) in [7, 11) is 0. The number of thioether (sulfide) groups is 1. The molecule has 28 heavy (non-hydrogen) atoms. The first-order valence-corrected chi connectivity index (χ1v) is 11.4. The van der Waals surface area contributed by atoms with E-state index in [1.54, 1.807) is 0 Å². The molecule has 3 nitrogen and oxygen atoms in total. The molecular weight excluding hydrogens is 364 g/mol. The number of likely N-dealkylation sites (tertiary alicyclic amines) is 1. The molecule has 1 aliphatic rings. The van der Waals surface area contributed by atoms with E-state index >= 15 is 0 Å². The molecule has 0 atom stereocenters. The summed E-state index contributed by atoms with van der Waals surface area (Å²) < 4.78 is 0. The summed E-state index contributed by atoms with van der Waals surface area (Å²) in [4.78, 5) is 18.6. The van der Waals surface area contributed by atoms with Gasteiger partial charge in [-0.05, 0) is 49.9 Å². The number of aryl methyl sites for hydroxylation is 2. The molecule has 0 saturated carbocycles. The molecule has 0 spiro atoms. The van der Waals surface area contributed by atoms with E-state index in [1.165, 1.54) is 16.0 Å². The highest BCUT2D eigenvalue weighted by molar-refractivity contribution is 7.99. The van der Waals surface area contributed by atoms with Gasteiger partial charge in [0.05, 0.1) is 0 Å². The standard InChI is InChI=1S/C24H32N2OS/c1-4-23(27)26(21-11-6-5-7-12-21)22-13-15-25(16-14-22)17-18-28-24-19(2)9-8-10-20(24)3/h5-12,22H,4,13-18H2,1-3H3. The molecule has 1 amide bonds. The van der Waals surface area contributed by atoms with E-state index in [9.17, 15) is 4.79 Å². The third-order valence-corrected chi connectivity index (χ3v) is 6.91. The van der Waals surface area contributed by atoms with E-state index in [0.29, 0.717) is 12.5 Å². The van der Waals surface area contributed by atoms with E-state index < -0.39 is 0 Å². The van der Waals surface area contributed by atoms with Crippen molar-refractivity contribution in [2.45, 2.75) is 51.0 Å². The topological polar surface area (TPSA) is 23.6 Å². The molecule has 1 saturated heterocycles.